The zero-order valence-corrected chi connectivity index (χ0v) is 19.3. The van der Waals surface area contributed by atoms with Crippen LogP contribution in [0.15, 0.2) is 60.9 Å². The number of rotatable bonds is 6. The van der Waals surface area contributed by atoms with Gasteiger partial charge in [0, 0.05) is 18.7 Å². The van der Waals surface area contributed by atoms with E-state index >= 15 is 0 Å². The lowest BCUT2D eigenvalue weighted by atomic mass is 10.1. The lowest BCUT2D eigenvalue weighted by molar-refractivity contribution is -0.130. The molecule has 2 aromatic heterocycles. The number of likely N-dealkylation sites (tertiary alicyclic amines) is 1. The molecule has 0 radical (unpaired) electrons. The summed E-state index contributed by atoms with van der Waals surface area (Å²) in [5.41, 5.74) is 8.56. The SMILES string of the molecule is CN(C)CC(=O)N1CC[C@@H](n2nc(-c3ccc(Oc4ccccc4)cc3)c3c(N)ncnc32)C1. The average molecular weight is 458 g/mol. The van der Waals surface area contributed by atoms with Gasteiger partial charge < -0.3 is 20.3 Å². The van der Waals surface area contributed by atoms with Gasteiger partial charge in [0.1, 0.15) is 29.3 Å². The van der Waals surface area contributed by atoms with Crippen molar-refractivity contribution in [3.8, 4) is 22.8 Å². The van der Waals surface area contributed by atoms with Crippen LogP contribution in [0.4, 0.5) is 5.82 Å². The minimum absolute atomic E-state index is 0.0253. The van der Waals surface area contributed by atoms with Crippen molar-refractivity contribution in [3.63, 3.8) is 0 Å². The van der Waals surface area contributed by atoms with Crippen LogP contribution in [-0.4, -0.2) is 69.2 Å². The topological polar surface area (TPSA) is 102 Å². The van der Waals surface area contributed by atoms with Gasteiger partial charge in [-0.15, -0.1) is 0 Å². The maximum atomic E-state index is 12.5. The van der Waals surface area contributed by atoms with E-state index in [9.17, 15) is 4.79 Å². The smallest absolute Gasteiger partial charge is 0.236 e. The standard InChI is InChI=1S/C25H27N7O2/c1-30(2)15-21(33)31-13-12-18(14-31)32-25-22(24(26)27-16-28-25)23(29-32)17-8-10-20(11-9-17)34-19-6-4-3-5-7-19/h3-11,16,18H,12-15H2,1-2H3,(H2,26,27,28)/t18-/m1/s1. The van der Waals surface area contributed by atoms with E-state index in [0.717, 1.165) is 34.6 Å². The van der Waals surface area contributed by atoms with Crippen LogP contribution in [0, 0.1) is 0 Å². The molecule has 9 heteroatoms. The Labute approximate surface area is 197 Å². The Morgan fingerprint density at radius 1 is 1.09 bits per heavy atom. The number of para-hydroxylation sites is 1. The number of nitrogens with two attached hydrogens (primary N) is 1. The first kappa shape index (κ1) is 21.8. The molecule has 0 saturated carbocycles. The molecule has 3 heterocycles. The molecule has 2 aromatic carbocycles. The number of carbonyl (C=O) groups excluding carboxylic acids is 1. The van der Waals surface area contributed by atoms with Gasteiger partial charge in [-0.3, -0.25) is 4.79 Å². The third kappa shape index (κ3) is 4.29. The van der Waals surface area contributed by atoms with Gasteiger partial charge in [-0.2, -0.15) is 5.10 Å². The predicted octanol–water partition coefficient (Wildman–Crippen LogP) is 3.20. The van der Waals surface area contributed by atoms with Crippen molar-refractivity contribution in [1.29, 1.82) is 0 Å². The molecule has 2 N–H and O–H groups in total. The largest absolute Gasteiger partial charge is 0.457 e. The van der Waals surface area contributed by atoms with E-state index in [1.807, 2.05) is 83.2 Å². The summed E-state index contributed by atoms with van der Waals surface area (Å²) in [6.07, 6.45) is 2.27. The molecule has 0 spiro atoms. The lowest BCUT2D eigenvalue weighted by Gasteiger charge is -2.19. The third-order valence-electron chi connectivity index (χ3n) is 5.94. The highest BCUT2D eigenvalue weighted by Crippen LogP contribution is 2.34. The Morgan fingerprint density at radius 2 is 1.82 bits per heavy atom. The van der Waals surface area contributed by atoms with Crippen molar-refractivity contribution in [2.75, 3.05) is 39.5 Å². The first-order valence-corrected chi connectivity index (χ1v) is 11.2. The summed E-state index contributed by atoms with van der Waals surface area (Å²) in [5, 5.41) is 5.64. The van der Waals surface area contributed by atoms with Gasteiger partial charge >= 0.3 is 0 Å². The van der Waals surface area contributed by atoms with Crippen LogP contribution in [0.25, 0.3) is 22.3 Å². The molecule has 34 heavy (non-hydrogen) atoms. The van der Waals surface area contributed by atoms with Crippen molar-refractivity contribution < 1.29 is 9.53 Å². The highest BCUT2D eigenvalue weighted by molar-refractivity contribution is 5.98. The lowest BCUT2D eigenvalue weighted by Crippen LogP contribution is -2.36. The quantitative estimate of drug-likeness (QED) is 0.474. The fraction of sp³-hybridized carbons (Fsp3) is 0.280. The van der Waals surface area contributed by atoms with E-state index in [1.54, 1.807) is 0 Å². The fourth-order valence-electron chi connectivity index (χ4n) is 4.30. The van der Waals surface area contributed by atoms with E-state index in [2.05, 4.69) is 9.97 Å². The van der Waals surface area contributed by atoms with Crippen LogP contribution in [0.2, 0.25) is 0 Å². The number of aromatic nitrogens is 4. The van der Waals surface area contributed by atoms with Crippen molar-refractivity contribution in [3.05, 3.63) is 60.9 Å². The molecule has 1 amide bonds. The Balaban J connectivity index is 1.45. The number of ether oxygens (including phenoxy) is 1. The number of amides is 1. The molecule has 0 unspecified atom stereocenters. The first-order valence-electron chi connectivity index (χ1n) is 11.2. The van der Waals surface area contributed by atoms with Gasteiger partial charge in [-0.25, -0.2) is 14.6 Å². The molecule has 1 fully saturated rings. The van der Waals surface area contributed by atoms with Gasteiger partial charge in [-0.05, 0) is 56.9 Å². The predicted molar refractivity (Wildman–Crippen MR) is 130 cm³/mol. The molecule has 174 valence electrons. The first-order chi connectivity index (χ1) is 16.5. The molecule has 9 nitrogen and oxygen atoms in total. The summed E-state index contributed by atoms with van der Waals surface area (Å²) in [7, 11) is 3.79. The molecule has 0 bridgehead atoms. The van der Waals surface area contributed by atoms with Gasteiger partial charge in [0.25, 0.3) is 0 Å². The normalized spacial score (nSPS) is 15.9. The molecule has 1 saturated heterocycles. The molecule has 1 atom stereocenters. The van der Waals surface area contributed by atoms with Crippen LogP contribution in [0.5, 0.6) is 11.5 Å². The van der Waals surface area contributed by atoms with Gasteiger partial charge in [0.15, 0.2) is 5.65 Å². The second kappa shape index (κ2) is 9.11. The highest BCUT2D eigenvalue weighted by Gasteiger charge is 2.30. The van der Waals surface area contributed by atoms with Gasteiger partial charge in [0.05, 0.1) is 18.0 Å². The molecule has 0 aliphatic carbocycles. The monoisotopic (exact) mass is 457 g/mol. The Hall–Kier alpha value is -3.98. The highest BCUT2D eigenvalue weighted by atomic mass is 16.5. The molecule has 5 rings (SSSR count). The number of hydrogen-bond acceptors (Lipinski definition) is 7. The average Bonchev–Trinajstić information content (AvgIpc) is 3.46. The van der Waals surface area contributed by atoms with Crippen molar-refractivity contribution in [2.24, 2.45) is 0 Å². The molecular weight excluding hydrogens is 430 g/mol. The van der Waals surface area contributed by atoms with Crippen molar-refractivity contribution >= 4 is 22.8 Å². The van der Waals surface area contributed by atoms with Crippen molar-refractivity contribution in [1.82, 2.24) is 29.5 Å². The zero-order chi connectivity index (χ0) is 23.7. The van der Waals surface area contributed by atoms with E-state index in [-0.39, 0.29) is 11.9 Å². The molecule has 4 aromatic rings. The van der Waals surface area contributed by atoms with Crippen LogP contribution < -0.4 is 10.5 Å². The number of carbonyl (C=O) groups is 1. The Morgan fingerprint density at radius 3 is 2.56 bits per heavy atom. The summed E-state index contributed by atoms with van der Waals surface area (Å²) in [4.78, 5) is 25.0. The van der Waals surface area contributed by atoms with Crippen LogP contribution in [0.1, 0.15) is 12.5 Å². The van der Waals surface area contributed by atoms with E-state index in [1.165, 1.54) is 6.33 Å². The van der Waals surface area contributed by atoms with E-state index < -0.39 is 0 Å². The van der Waals surface area contributed by atoms with Crippen molar-refractivity contribution in [2.45, 2.75) is 12.5 Å². The number of nitrogen functional groups attached to an aromatic ring is 1. The number of likely N-dealkylation sites (N-methyl/N-ethyl adjacent to an activating group) is 1. The van der Waals surface area contributed by atoms with Crippen LogP contribution >= 0.6 is 0 Å². The number of benzene rings is 2. The van der Waals surface area contributed by atoms with E-state index in [0.29, 0.717) is 31.1 Å². The Kier molecular flexibility index (Phi) is 5.85. The van der Waals surface area contributed by atoms with Crippen LogP contribution in [-0.2, 0) is 4.79 Å². The summed E-state index contributed by atoms with van der Waals surface area (Å²) in [5.74, 6) is 2.01. The third-order valence-corrected chi connectivity index (χ3v) is 5.94. The number of hydrogen-bond donors (Lipinski definition) is 1. The maximum absolute atomic E-state index is 12.5. The number of fused-ring (bicyclic) bond motifs is 1. The second-order valence-electron chi connectivity index (χ2n) is 8.71. The number of nitrogens with zero attached hydrogens (tertiary/aromatic N) is 6. The second-order valence-corrected chi connectivity index (χ2v) is 8.71. The van der Waals surface area contributed by atoms with Gasteiger partial charge in [0.2, 0.25) is 5.91 Å². The summed E-state index contributed by atoms with van der Waals surface area (Å²) < 4.78 is 7.82. The minimum atomic E-state index is 0.0253. The fourth-order valence-corrected chi connectivity index (χ4v) is 4.30. The van der Waals surface area contributed by atoms with Crippen LogP contribution in [0.3, 0.4) is 0 Å². The van der Waals surface area contributed by atoms with E-state index in [4.69, 9.17) is 15.6 Å². The minimum Gasteiger partial charge on any atom is -0.457 e. The van der Waals surface area contributed by atoms with Gasteiger partial charge in [-0.1, -0.05) is 18.2 Å². The Bertz CT molecular complexity index is 1300. The molecule has 1 aliphatic rings. The molecular formula is C25H27N7O2. The number of anilines is 1. The zero-order valence-electron chi connectivity index (χ0n) is 19.3. The molecule has 1 aliphatic heterocycles. The summed E-state index contributed by atoms with van der Waals surface area (Å²) in [6.45, 7) is 1.68. The summed E-state index contributed by atoms with van der Waals surface area (Å²) >= 11 is 0. The summed E-state index contributed by atoms with van der Waals surface area (Å²) in [6, 6.07) is 17.4. The maximum Gasteiger partial charge on any atom is 0.236 e.